The lowest BCUT2D eigenvalue weighted by atomic mass is 9.95. The van der Waals surface area contributed by atoms with E-state index in [0.29, 0.717) is 5.92 Å². The fourth-order valence-corrected chi connectivity index (χ4v) is 1.93. The van der Waals surface area contributed by atoms with Crippen LogP contribution in [0, 0.1) is 0 Å². The van der Waals surface area contributed by atoms with E-state index in [2.05, 4.69) is 32.0 Å². The van der Waals surface area contributed by atoms with Crippen molar-refractivity contribution < 1.29 is 4.74 Å². The van der Waals surface area contributed by atoms with Gasteiger partial charge in [0.1, 0.15) is 5.75 Å². The van der Waals surface area contributed by atoms with Gasteiger partial charge in [-0.2, -0.15) is 0 Å². The van der Waals surface area contributed by atoms with Gasteiger partial charge in [0.05, 0.1) is 6.61 Å². The van der Waals surface area contributed by atoms with Gasteiger partial charge in [-0.3, -0.25) is 0 Å². The minimum atomic E-state index is 0.613. The van der Waals surface area contributed by atoms with Crippen LogP contribution in [-0.2, 0) is 6.42 Å². The van der Waals surface area contributed by atoms with Gasteiger partial charge in [0, 0.05) is 0 Å². The van der Waals surface area contributed by atoms with E-state index in [1.54, 1.807) is 0 Å². The third kappa shape index (κ3) is 4.04. The first kappa shape index (κ1) is 14.0. The van der Waals surface area contributed by atoms with Crippen LogP contribution >= 0.6 is 0 Å². The van der Waals surface area contributed by atoms with Crippen molar-refractivity contribution >= 4 is 0 Å². The first-order valence-corrected chi connectivity index (χ1v) is 6.68. The Kier molecular flexibility index (Phi) is 6.06. The molecule has 0 saturated carbocycles. The topological polar surface area (TPSA) is 35.2 Å². The molecule has 1 aromatic carbocycles. The number of rotatable bonds is 7. The van der Waals surface area contributed by atoms with Crippen LogP contribution < -0.4 is 10.5 Å². The molecule has 1 rings (SSSR count). The lowest BCUT2D eigenvalue weighted by molar-refractivity contribution is 0.336. The van der Waals surface area contributed by atoms with Crippen LogP contribution in [0.2, 0.25) is 0 Å². The molecule has 0 aliphatic rings. The molecule has 2 heteroatoms. The highest BCUT2D eigenvalue weighted by Gasteiger charge is 2.08. The molecule has 0 fully saturated rings. The predicted molar refractivity (Wildman–Crippen MR) is 73.7 cm³/mol. The zero-order valence-electron chi connectivity index (χ0n) is 11.3. The number of benzene rings is 1. The number of aryl methyl sites for hydroxylation is 1. The van der Waals surface area contributed by atoms with Gasteiger partial charge < -0.3 is 10.5 Å². The van der Waals surface area contributed by atoms with Crippen molar-refractivity contribution in [3.8, 4) is 5.75 Å². The Hall–Kier alpha value is -1.02. The van der Waals surface area contributed by atoms with Crippen molar-refractivity contribution in [1.82, 2.24) is 0 Å². The van der Waals surface area contributed by atoms with Crippen LogP contribution in [0.4, 0.5) is 0 Å². The Bertz CT molecular complexity index is 336. The summed E-state index contributed by atoms with van der Waals surface area (Å²) in [6.07, 6.45) is 3.20. The lowest BCUT2D eigenvalue weighted by Gasteiger charge is -2.15. The maximum absolute atomic E-state index is 5.66. The largest absolute Gasteiger partial charge is 0.494 e. The van der Waals surface area contributed by atoms with E-state index in [0.717, 1.165) is 31.7 Å². The number of ether oxygens (including phenoxy) is 1. The Labute approximate surface area is 105 Å². The van der Waals surface area contributed by atoms with E-state index < -0.39 is 0 Å². The first-order valence-electron chi connectivity index (χ1n) is 6.68. The van der Waals surface area contributed by atoms with E-state index in [9.17, 15) is 0 Å². The molecule has 1 unspecified atom stereocenters. The average molecular weight is 235 g/mol. The molecule has 2 nitrogen and oxygen atoms in total. The highest BCUT2D eigenvalue weighted by molar-refractivity contribution is 5.38. The highest BCUT2D eigenvalue weighted by atomic mass is 16.5. The molecule has 0 heterocycles. The molecule has 0 radical (unpaired) electrons. The summed E-state index contributed by atoms with van der Waals surface area (Å²) in [6, 6.07) is 6.58. The van der Waals surface area contributed by atoms with Crippen LogP contribution in [0.15, 0.2) is 18.2 Å². The van der Waals surface area contributed by atoms with E-state index in [1.165, 1.54) is 17.5 Å². The fourth-order valence-electron chi connectivity index (χ4n) is 1.93. The van der Waals surface area contributed by atoms with Crippen molar-refractivity contribution in [1.29, 1.82) is 0 Å². The van der Waals surface area contributed by atoms with Gasteiger partial charge in [-0.25, -0.2) is 0 Å². The van der Waals surface area contributed by atoms with Crippen LogP contribution in [-0.4, -0.2) is 13.2 Å². The van der Waals surface area contributed by atoms with Crippen molar-refractivity contribution in [2.75, 3.05) is 13.2 Å². The normalized spacial score (nSPS) is 12.5. The third-order valence-corrected chi connectivity index (χ3v) is 3.22. The summed E-state index contributed by atoms with van der Waals surface area (Å²) >= 11 is 0. The van der Waals surface area contributed by atoms with Crippen LogP contribution in [0.3, 0.4) is 0 Å². The SMILES string of the molecule is CCOc1ccc(C(C)CC)cc1CCCN. The van der Waals surface area contributed by atoms with E-state index >= 15 is 0 Å². The summed E-state index contributed by atoms with van der Waals surface area (Å²) in [5, 5.41) is 0. The predicted octanol–water partition coefficient (Wildman–Crippen LogP) is 3.49. The van der Waals surface area contributed by atoms with Gasteiger partial charge in [0.2, 0.25) is 0 Å². The van der Waals surface area contributed by atoms with Crippen molar-refractivity contribution in [2.45, 2.75) is 46.0 Å². The van der Waals surface area contributed by atoms with Gasteiger partial charge in [-0.05, 0) is 55.8 Å². The first-order chi connectivity index (χ1) is 8.22. The molecule has 0 aliphatic heterocycles. The summed E-state index contributed by atoms with van der Waals surface area (Å²) in [4.78, 5) is 0. The second-order valence-corrected chi connectivity index (χ2v) is 4.50. The van der Waals surface area contributed by atoms with Crippen molar-refractivity contribution in [3.63, 3.8) is 0 Å². The van der Waals surface area contributed by atoms with E-state index in [-0.39, 0.29) is 0 Å². The molecule has 0 aliphatic carbocycles. The highest BCUT2D eigenvalue weighted by Crippen LogP contribution is 2.27. The summed E-state index contributed by atoms with van der Waals surface area (Å²) in [7, 11) is 0. The Morgan fingerprint density at radius 1 is 1.29 bits per heavy atom. The molecule has 0 bridgehead atoms. The minimum absolute atomic E-state index is 0.613. The van der Waals surface area contributed by atoms with Gasteiger partial charge in [0.15, 0.2) is 0 Å². The van der Waals surface area contributed by atoms with Gasteiger partial charge in [-0.15, -0.1) is 0 Å². The average Bonchev–Trinajstić information content (AvgIpc) is 2.37. The standard InChI is InChI=1S/C15H25NO/c1-4-12(3)13-8-9-15(17-5-2)14(11-13)7-6-10-16/h8-9,11-12H,4-7,10,16H2,1-3H3. The number of nitrogens with two attached hydrogens (primary N) is 1. The second kappa shape index (κ2) is 7.33. The van der Waals surface area contributed by atoms with Crippen LogP contribution in [0.1, 0.15) is 50.7 Å². The maximum atomic E-state index is 5.66. The fraction of sp³-hybridized carbons (Fsp3) is 0.600. The van der Waals surface area contributed by atoms with E-state index in [1.807, 2.05) is 6.92 Å². The quantitative estimate of drug-likeness (QED) is 0.785. The molecule has 0 aromatic heterocycles. The maximum Gasteiger partial charge on any atom is 0.122 e. The zero-order chi connectivity index (χ0) is 12.7. The molecule has 0 saturated heterocycles. The zero-order valence-corrected chi connectivity index (χ0v) is 11.3. The number of hydrogen-bond donors (Lipinski definition) is 1. The van der Waals surface area contributed by atoms with Crippen molar-refractivity contribution in [2.24, 2.45) is 5.73 Å². The van der Waals surface area contributed by atoms with Gasteiger partial charge in [-0.1, -0.05) is 26.0 Å². The minimum Gasteiger partial charge on any atom is -0.494 e. The monoisotopic (exact) mass is 235 g/mol. The Balaban J connectivity index is 2.92. The second-order valence-electron chi connectivity index (χ2n) is 4.50. The summed E-state index contributed by atoms with van der Waals surface area (Å²) in [5.41, 5.74) is 8.29. The number of hydrogen-bond acceptors (Lipinski definition) is 2. The molecule has 0 amide bonds. The summed E-state index contributed by atoms with van der Waals surface area (Å²) < 4.78 is 5.66. The Morgan fingerprint density at radius 2 is 2.06 bits per heavy atom. The molecule has 2 N–H and O–H groups in total. The molecular formula is C15H25NO. The smallest absolute Gasteiger partial charge is 0.122 e. The van der Waals surface area contributed by atoms with Gasteiger partial charge in [0.25, 0.3) is 0 Å². The van der Waals surface area contributed by atoms with Crippen molar-refractivity contribution in [3.05, 3.63) is 29.3 Å². The lowest BCUT2D eigenvalue weighted by Crippen LogP contribution is -2.04. The summed E-state index contributed by atoms with van der Waals surface area (Å²) in [6.45, 7) is 7.97. The molecule has 96 valence electrons. The van der Waals surface area contributed by atoms with Gasteiger partial charge >= 0.3 is 0 Å². The molecule has 1 atom stereocenters. The third-order valence-electron chi connectivity index (χ3n) is 3.22. The molecule has 0 spiro atoms. The summed E-state index contributed by atoms with van der Waals surface area (Å²) in [5.74, 6) is 1.63. The van der Waals surface area contributed by atoms with E-state index in [4.69, 9.17) is 10.5 Å². The molecular weight excluding hydrogens is 210 g/mol. The molecule has 17 heavy (non-hydrogen) atoms. The van der Waals surface area contributed by atoms with Crippen LogP contribution in [0.5, 0.6) is 5.75 Å². The van der Waals surface area contributed by atoms with Crippen LogP contribution in [0.25, 0.3) is 0 Å². The Morgan fingerprint density at radius 3 is 2.65 bits per heavy atom. The molecule has 1 aromatic rings.